The Morgan fingerprint density at radius 1 is 0.967 bits per heavy atom. The van der Waals surface area contributed by atoms with Crippen LogP contribution in [0.25, 0.3) is 0 Å². The molecule has 0 N–H and O–H groups in total. The van der Waals surface area contributed by atoms with Gasteiger partial charge >= 0.3 is 0 Å². The van der Waals surface area contributed by atoms with Gasteiger partial charge in [0.2, 0.25) is 0 Å². The second-order valence-corrected chi connectivity index (χ2v) is 10.0. The average molecular weight is 419 g/mol. The van der Waals surface area contributed by atoms with Crippen LogP contribution in [-0.4, -0.2) is 27.2 Å². The van der Waals surface area contributed by atoms with Gasteiger partial charge in [-0.1, -0.05) is 81.4 Å². The molecule has 0 aromatic heterocycles. The highest BCUT2D eigenvalue weighted by atomic mass is 32.1. The minimum Gasteiger partial charge on any atom is -0.271 e. The van der Waals surface area contributed by atoms with Crippen LogP contribution in [0, 0.1) is 6.92 Å². The molecule has 0 atom stereocenters. The highest BCUT2D eigenvalue weighted by molar-refractivity contribution is 7.82. The maximum absolute atomic E-state index is 13.6. The zero-order chi connectivity index (χ0) is 21.5. The number of carbonyl (C=O) groups is 1. The van der Waals surface area contributed by atoms with Gasteiger partial charge in [-0.05, 0) is 55.7 Å². The molecule has 4 heteroatoms. The van der Waals surface area contributed by atoms with Gasteiger partial charge in [0.25, 0.3) is 5.91 Å². The number of benzene rings is 2. The summed E-state index contributed by atoms with van der Waals surface area (Å²) >= 11 is 5.88. The summed E-state index contributed by atoms with van der Waals surface area (Å²) in [7, 11) is 0. The van der Waals surface area contributed by atoms with E-state index in [-0.39, 0.29) is 11.3 Å². The molecule has 3 nitrogen and oxygen atoms in total. The molecule has 0 saturated heterocycles. The zero-order valence-corrected chi connectivity index (χ0v) is 19.2. The first kappa shape index (κ1) is 20.9. The molecule has 2 aromatic rings. The molecule has 0 unspecified atom stereocenters. The number of carbonyl (C=O) groups excluding carboxylic acids is 1. The third-order valence-corrected chi connectivity index (χ3v) is 6.70. The van der Waals surface area contributed by atoms with Crippen molar-refractivity contribution >= 4 is 28.8 Å². The fraction of sp³-hybridized carbons (Fsp3) is 0.423. The summed E-state index contributed by atoms with van der Waals surface area (Å²) in [6.45, 7) is 8.65. The Balaban J connectivity index is 1.73. The molecular formula is C26H30N2OS. The van der Waals surface area contributed by atoms with Crippen molar-refractivity contribution in [2.75, 3.05) is 0 Å². The van der Waals surface area contributed by atoms with E-state index < -0.39 is 5.66 Å². The van der Waals surface area contributed by atoms with Crippen molar-refractivity contribution in [2.45, 2.75) is 70.9 Å². The zero-order valence-electron chi connectivity index (χ0n) is 18.4. The van der Waals surface area contributed by atoms with Crippen LogP contribution < -0.4 is 0 Å². The van der Waals surface area contributed by atoms with E-state index in [1.807, 2.05) is 36.1 Å². The van der Waals surface area contributed by atoms with Crippen molar-refractivity contribution in [1.29, 1.82) is 0 Å². The van der Waals surface area contributed by atoms with Crippen molar-refractivity contribution in [1.82, 2.24) is 4.90 Å². The molecule has 1 aliphatic carbocycles. The number of rotatable bonds is 2. The van der Waals surface area contributed by atoms with Gasteiger partial charge in [0.1, 0.15) is 16.4 Å². The molecule has 1 spiro atoms. The van der Waals surface area contributed by atoms with Gasteiger partial charge in [-0.3, -0.25) is 14.7 Å². The fourth-order valence-corrected chi connectivity index (χ4v) is 4.89. The van der Waals surface area contributed by atoms with Crippen molar-refractivity contribution in [3.05, 3.63) is 70.8 Å². The van der Waals surface area contributed by atoms with E-state index in [0.717, 1.165) is 42.5 Å². The lowest BCUT2D eigenvalue weighted by molar-refractivity contribution is 0.0648. The predicted octanol–water partition coefficient (Wildman–Crippen LogP) is 6.23. The minimum absolute atomic E-state index is 0.0352. The number of aliphatic imine (C=N–C) groups is 1. The summed E-state index contributed by atoms with van der Waals surface area (Å²) in [5.41, 5.74) is 4.43. The summed E-state index contributed by atoms with van der Waals surface area (Å²) in [4.78, 5) is 21.1. The van der Waals surface area contributed by atoms with Gasteiger partial charge < -0.3 is 0 Å². The standard InChI is InChI=1S/C26H30N2OS/c1-18-8-10-20(11-9-18)23(29)28-24(30)22(27-26(28)16-6-5-7-17-26)19-12-14-21(15-13-19)25(2,3)4/h8-15H,5-7,16-17H2,1-4H3. The van der Waals surface area contributed by atoms with Gasteiger partial charge in [-0.15, -0.1) is 0 Å². The molecule has 1 fully saturated rings. The maximum atomic E-state index is 13.6. The second-order valence-electron chi connectivity index (χ2n) is 9.64. The third-order valence-electron chi connectivity index (χ3n) is 6.32. The fourth-order valence-electron chi connectivity index (χ4n) is 4.48. The molecule has 1 aliphatic heterocycles. The predicted molar refractivity (Wildman–Crippen MR) is 127 cm³/mol. The molecule has 1 saturated carbocycles. The Hall–Kier alpha value is -2.33. The lowest BCUT2D eigenvalue weighted by Gasteiger charge is -2.38. The first-order valence-corrected chi connectivity index (χ1v) is 11.3. The number of hydrogen-bond donors (Lipinski definition) is 0. The molecule has 1 heterocycles. The Morgan fingerprint density at radius 3 is 2.13 bits per heavy atom. The van der Waals surface area contributed by atoms with E-state index in [4.69, 9.17) is 17.2 Å². The first-order chi connectivity index (χ1) is 14.2. The summed E-state index contributed by atoms with van der Waals surface area (Å²) in [6.07, 6.45) is 5.06. The lowest BCUT2D eigenvalue weighted by atomic mass is 9.86. The smallest absolute Gasteiger partial charge is 0.260 e. The van der Waals surface area contributed by atoms with Crippen molar-refractivity contribution in [2.24, 2.45) is 4.99 Å². The average Bonchev–Trinajstić information content (AvgIpc) is 2.99. The topological polar surface area (TPSA) is 32.7 Å². The normalized spacial score (nSPS) is 18.6. The second kappa shape index (κ2) is 7.73. The maximum Gasteiger partial charge on any atom is 0.260 e. The van der Waals surface area contributed by atoms with E-state index in [1.165, 1.54) is 12.0 Å². The SMILES string of the molecule is Cc1ccc(C(=O)N2C(=S)C(c3ccc(C(C)(C)C)cc3)=NC23CCCCC3)cc1. The molecule has 0 radical (unpaired) electrons. The first-order valence-electron chi connectivity index (χ1n) is 10.9. The largest absolute Gasteiger partial charge is 0.271 e. The third kappa shape index (κ3) is 3.74. The Labute approximate surface area is 185 Å². The Kier molecular flexibility index (Phi) is 5.39. The van der Waals surface area contributed by atoms with E-state index in [1.54, 1.807) is 0 Å². The number of nitrogens with zero attached hydrogens (tertiary/aromatic N) is 2. The van der Waals surface area contributed by atoms with Crippen LogP contribution in [-0.2, 0) is 5.41 Å². The molecule has 2 aliphatic rings. The van der Waals surface area contributed by atoms with Crippen LogP contribution >= 0.6 is 12.2 Å². The number of hydrogen-bond acceptors (Lipinski definition) is 3. The van der Waals surface area contributed by atoms with Gasteiger partial charge in [0.05, 0.1) is 0 Å². The van der Waals surface area contributed by atoms with Crippen LogP contribution in [0.3, 0.4) is 0 Å². The van der Waals surface area contributed by atoms with Gasteiger partial charge in [-0.25, -0.2) is 0 Å². The van der Waals surface area contributed by atoms with E-state index in [9.17, 15) is 4.79 Å². The van der Waals surface area contributed by atoms with Gasteiger partial charge in [-0.2, -0.15) is 0 Å². The van der Waals surface area contributed by atoms with Gasteiger partial charge in [0.15, 0.2) is 0 Å². The van der Waals surface area contributed by atoms with E-state index >= 15 is 0 Å². The van der Waals surface area contributed by atoms with Crippen LogP contribution in [0.5, 0.6) is 0 Å². The van der Waals surface area contributed by atoms with Crippen LogP contribution in [0.1, 0.15) is 79.9 Å². The monoisotopic (exact) mass is 418 g/mol. The minimum atomic E-state index is -0.532. The summed E-state index contributed by atoms with van der Waals surface area (Å²) in [5.74, 6) is -0.0352. The van der Waals surface area contributed by atoms with Crippen molar-refractivity contribution in [3.8, 4) is 0 Å². The highest BCUT2D eigenvalue weighted by Crippen LogP contribution is 2.41. The quantitative estimate of drug-likeness (QED) is 0.542. The Morgan fingerprint density at radius 2 is 1.57 bits per heavy atom. The lowest BCUT2D eigenvalue weighted by Crippen LogP contribution is -2.50. The summed E-state index contributed by atoms with van der Waals surface area (Å²) in [6, 6.07) is 16.3. The highest BCUT2D eigenvalue weighted by Gasteiger charge is 2.48. The van der Waals surface area contributed by atoms with Gasteiger partial charge in [0, 0.05) is 11.1 Å². The van der Waals surface area contributed by atoms with E-state index in [0.29, 0.717) is 10.6 Å². The van der Waals surface area contributed by atoms with Crippen molar-refractivity contribution in [3.63, 3.8) is 0 Å². The molecule has 4 rings (SSSR count). The summed E-state index contributed by atoms with van der Waals surface area (Å²) < 4.78 is 0. The molecule has 156 valence electrons. The van der Waals surface area contributed by atoms with Crippen LogP contribution in [0.4, 0.5) is 0 Å². The molecule has 2 aromatic carbocycles. The number of thiocarbonyl (C=S) groups is 1. The molecule has 30 heavy (non-hydrogen) atoms. The Bertz CT molecular complexity index is 991. The van der Waals surface area contributed by atoms with Crippen LogP contribution in [0.15, 0.2) is 53.5 Å². The molecule has 0 bridgehead atoms. The number of amides is 1. The van der Waals surface area contributed by atoms with E-state index in [2.05, 4.69) is 45.0 Å². The molecular weight excluding hydrogens is 388 g/mol. The number of aryl methyl sites for hydroxylation is 1. The summed E-state index contributed by atoms with van der Waals surface area (Å²) in [5, 5.41) is 0. The molecule has 1 amide bonds. The van der Waals surface area contributed by atoms with Crippen LogP contribution in [0.2, 0.25) is 0 Å². The van der Waals surface area contributed by atoms with Crippen molar-refractivity contribution < 1.29 is 4.79 Å².